The average Bonchev–Trinajstić information content (AvgIpc) is 2.44. The lowest BCUT2D eigenvalue weighted by Crippen LogP contribution is -2.33. The summed E-state index contributed by atoms with van der Waals surface area (Å²) in [7, 11) is 0. The summed E-state index contributed by atoms with van der Waals surface area (Å²) >= 11 is 1.66. The maximum absolute atomic E-state index is 11.5. The summed E-state index contributed by atoms with van der Waals surface area (Å²) < 4.78 is 0. The molecule has 2 heterocycles. The van der Waals surface area contributed by atoms with E-state index in [9.17, 15) is 4.79 Å². The van der Waals surface area contributed by atoms with Crippen molar-refractivity contribution in [3.63, 3.8) is 0 Å². The van der Waals surface area contributed by atoms with Crippen LogP contribution in [0.4, 0.5) is 5.00 Å². The first-order valence-electron chi connectivity index (χ1n) is 4.08. The minimum Gasteiger partial charge on any atom is -0.301 e. The Hall–Kier alpha value is -0.830. The fourth-order valence-electron chi connectivity index (χ4n) is 1.56. The van der Waals surface area contributed by atoms with Gasteiger partial charge in [-0.15, -0.1) is 11.3 Å². The van der Waals surface area contributed by atoms with Crippen molar-refractivity contribution < 1.29 is 4.79 Å². The molecule has 0 spiro atoms. The molecular formula is C9H11NOS. The Morgan fingerprint density at radius 2 is 2.33 bits per heavy atom. The van der Waals surface area contributed by atoms with E-state index in [-0.39, 0.29) is 11.9 Å². The van der Waals surface area contributed by atoms with Gasteiger partial charge in [0.1, 0.15) is 5.00 Å². The third-order valence-electron chi connectivity index (χ3n) is 2.07. The number of amides is 1. The van der Waals surface area contributed by atoms with Gasteiger partial charge in [-0.3, -0.25) is 4.79 Å². The van der Waals surface area contributed by atoms with Crippen LogP contribution in [0.5, 0.6) is 0 Å². The van der Waals surface area contributed by atoms with Crippen LogP contribution in [0.2, 0.25) is 0 Å². The first-order valence-corrected chi connectivity index (χ1v) is 4.96. The largest absolute Gasteiger partial charge is 0.301 e. The summed E-state index contributed by atoms with van der Waals surface area (Å²) in [6, 6.07) is 2.33. The molecule has 0 N–H and O–H groups in total. The van der Waals surface area contributed by atoms with Crippen molar-refractivity contribution in [2.75, 3.05) is 4.90 Å². The van der Waals surface area contributed by atoms with Crippen molar-refractivity contribution in [3.05, 3.63) is 17.0 Å². The molecule has 2 nitrogen and oxygen atoms in total. The van der Waals surface area contributed by atoms with Crippen LogP contribution in [-0.4, -0.2) is 11.9 Å². The minimum atomic E-state index is 0.242. The highest BCUT2D eigenvalue weighted by Crippen LogP contribution is 2.35. The third kappa shape index (κ3) is 0.966. The van der Waals surface area contributed by atoms with Crippen LogP contribution in [0.1, 0.15) is 19.4 Å². The molecule has 0 fully saturated rings. The standard InChI is InChI=1S/C9H11NOS/c1-6(2)10-8(11)5-7-3-4-12-9(7)10/h3-4,6H,5H2,1-2H3. The lowest BCUT2D eigenvalue weighted by Gasteiger charge is -2.19. The predicted octanol–water partition coefficient (Wildman–Crippen LogP) is 2.05. The second-order valence-corrected chi connectivity index (χ2v) is 4.18. The predicted molar refractivity (Wildman–Crippen MR) is 50.6 cm³/mol. The van der Waals surface area contributed by atoms with Gasteiger partial charge in [-0.2, -0.15) is 0 Å². The number of nitrogens with zero attached hydrogens (tertiary/aromatic N) is 1. The molecule has 1 aliphatic rings. The van der Waals surface area contributed by atoms with Crippen LogP contribution in [-0.2, 0) is 11.2 Å². The first kappa shape index (κ1) is 7.80. The zero-order chi connectivity index (χ0) is 8.72. The lowest BCUT2D eigenvalue weighted by atomic mass is 10.3. The van der Waals surface area contributed by atoms with Gasteiger partial charge in [-0.25, -0.2) is 0 Å². The molecule has 1 aromatic rings. The van der Waals surface area contributed by atoms with Gasteiger partial charge in [0.25, 0.3) is 0 Å². The molecule has 0 radical (unpaired) electrons. The summed E-state index contributed by atoms with van der Waals surface area (Å²) in [5.41, 5.74) is 1.19. The lowest BCUT2D eigenvalue weighted by molar-refractivity contribution is -0.117. The molecule has 2 rings (SSSR count). The number of hydrogen-bond acceptors (Lipinski definition) is 2. The first-order chi connectivity index (χ1) is 5.70. The van der Waals surface area contributed by atoms with E-state index in [1.165, 1.54) is 5.56 Å². The number of fused-ring (bicyclic) bond motifs is 1. The van der Waals surface area contributed by atoms with Crippen LogP contribution in [0.15, 0.2) is 11.4 Å². The van der Waals surface area contributed by atoms with Gasteiger partial charge in [0.05, 0.1) is 6.42 Å². The van der Waals surface area contributed by atoms with Gasteiger partial charge in [0.15, 0.2) is 0 Å². The Morgan fingerprint density at radius 3 is 3.00 bits per heavy atom. The molecule has 0 aromatic carbocycles. The Bertz CT molecular complexity index is 316. The zero-order valence-corrected chi connectivity index (χ0v) is 8.02. The molecule has 64 valence electrons. The molecule has 0 saturated heterocycles. The van der Waals surface area contributed by atoms with E-state index in [0.717, 1.165) is 5.00 Å². The van der Waals surface area contributed by atoms with E-state index < -0.39 is 0 Å². The normalized spacial score (nSPS) is 15.9. The van der Waals surface area contributed by atoms with Gasteiger partial charge < -0.3 is 4.90 Å². The van der Waals surface area contributed by atoms with Gasteiger partial charge in [-0.1, -0.05) is 0 Å². The monoisotopic (exact) mass is 181 g/mol. The highest BCUT2D eigenvalue weighted by atomic mass is 32.1. The van der Waals surface area contributed by atoms with Crippen LogP contribution in [0, 0.1) is 0 Å². The molecule has 0 unspecified atom stereocenters. The molecule has 1 aliphatic heterocycles. The topological polar surface area (TPSA) is 20.3 Å². The van der Waals surface area contributed by atoms with Gasteiger partial charge in [0, 0.05) is 6.04 Å². The van der Waals surface area contributed by atoms with Gasteiger partial charge in [0.2, 0.25) is 5.91 Å². The van der Waals surface area contributed by atoms with Gasteiger partial charge in [-0.05, 0) is 30.9 Å². The fourth-order valence-corrected chi connectivity index (χ4v) is 2.64. The number of hydrogen-bond donors (Lipinski definition) is 0. The van der Waals surface area contributed by atoms with Crippen molar-refractivity contribution in [3.8, 4) is 0 Å². The molecule has 0 atom stereocenters. The second kappa shape index (κ2) is 2.59. The second-order valence-electron chi connectivity index (χ2n) is 3.29. The number of carbonyl (C=O) groups excluding carboxylic acids is 1. The van der Waals surface area contributed by atoms with E-state index in [2.05, 4.69) is 0 Å². The number of rotatable bonds is 1. The van der Waals surface area contributed by atoms with E-state index in [0.29, 0.717) is 6.42 Å². The number of thiophene rings is 1. The Morgan fingerprint density at radius 1 is 1.58 bits per heavy atom. The number of anilines is 1. The SMILES string of the molecule is CC(C)N1C(=O)Cc2ccsc21. The molecule has 0 bridgehead atoms. The van der Waals surface area contributed by atoms with E-state index in [1.54, 1.807) is 11.3 Å². The van der Waals surface area contributed by atoms with Crippen LogP contribution in [0.3, 0.4) is 0 Å². The summed E-state index contributed by atoms with van der Waals surface area (Å²) in [6.45, 7) is 4.10. The maximum Gasteiger partial charge on any atom is 0.232 e. The van der Waals surface area contributed by atoms with Crippen LogP contribution >= 0.6 is 11.3 Å². The van der Waals surface area contributed by atoms with E-state index >= 15 is 0 Å². The van der Waals surface area contributed by atoms with Crippen LogP contribution < -0.4 is 4.90 Å². The van der Waals surface area contributed by atoms with Gasteiger partial charge >= 0.3 is 0 Å². The Labute approximate surface area is 75.8 Å². The highest BCUT2D eigenvalue weighted by Gasteiger charge is 2.29. The van der Waals surface area contributed by atoms with E-state index in [4.69, 9.17) is 0 Å². The van der Waals surface area contributed by atoms with Crippen LogP contribution in [0.25, 0.3) is 0 Å². The summed E-state index contributed by atoms with van der Waals surface area (Å²) in [5.74, 6) is 0.242. The molecule has 3 heteroatoms. The van der Waals surface area contributed by atoms with Crippen molar-refractivity contribution in [1.29, 1.82) is 0 Å². The maximum atomic E-state index is 11.5. The fraction of sp³-hybridized carbons (Fsp3) is 0.444. The Balaban J connectivity index is 2.42. The average molecular weight is 181 g/mol. The smallest absolute Gasteiger partial charge is 0.232 e. The summed E-state index contributed by atoms with van der Waals surface area (Å²) in [4.78, 5) is 13.4. The molecule has 0 aliphatic carbocycles. The molecular weight excluding hydrogens is 170 g/mol. The Kier molecular flexibility index (Phi) is 1.68. The molecule has 0 saturated carbocycles. The number of carbonyl (C=O) groups is 1. The minimum absolute atomic E-state index is 0.242. The van der Waals surface area contributed by atoms with Crippen molar-refractivity contribution in [2.45, 2.75) is 26.3 Å². The van der Waals surface area contributed by atoms with E-state index in [1.807, 2.05) is 30.2 Å². The third-order valence-corrected chi connectivity index (χ3v) is 3.02. The molecule has 12 heavy (non-hydrogen) atoms. The quantitative estimate of drug-likeness (QED) is 0.649. The highest BCUT2D eigenvalue weighted by molar-refractivity contribution is 7.14. The summed E-state index contributed by atoms with van der Waals surface area (Å²) in [5, 5.41) is 3.20. The van der Waals surface area contributed by atoms with Crippen molar-refractivity contribution in [2.24, 2.45) is 0 Å². The molecule has 1 amide bonds. The summed E-state index contributed by atoms with van der Waals surface area (Å²) in [6.07, 6.45) is 0.594. The van der Waals surface area contributed by atoms with Crippen molar-refractivity contribution >= 4 is 22.2 Å². The molecule has 1 aromatic heterocycles. The zero-order valence-electron chi connectivity index (χ0n) is 7.20. The van der Waals surface area contributed by atoms with Crippen molar-refractivity contribution in [1.82, 2.24) is 0 Å².